The quantitative estimate of drug-likeness (QED) is 0.153. The molecule has 29 heavy (non-hydrogen) atoms. The van der Waals surface area contributed by atoms with E-state index in [1.54, 1.807) is 0 Å². The van der Waals surface area contributed by atoms with Gasteiger partial charge >= 0.3 is 11.9 Å². The van der Waals surface area contributed by atoms with E-state index in [2.05, 4.69) is 6.92 Å². The second-order valence-corrected chi connectivity index (χ2v) is 7.32. The molecule has 1 aromatic carbocycles. The number of nitro benzene ring substituents is 1. The van der Waals surface area contributed by atoms with E-state index in [0.717, 1.165) is 19.3 Å². The molecule has 0 radical (unpaired) electrons. The first-order valence-corrected chi connectivity index (χ1v) is 10.6. The lowest BCUT2D eigenvalue weighted by Crippen LogP contribution is -2.09. The molecule has 0 aliphatic heterocycles. The van der Waals surface area contributed by atoms with Crippen LogP contribution >= 0.6 is 11.6 Å². The van der Waals surface area contributed by atoms with Crippen molar-refractivity contribution in [3.63, 3.8) is 0 Å². The Morgan fingerprint density at radius 3 is 2.24 bits per heavy atom. The van der Waals surface area contributed by atoms with Crippen LogP contribution in [0, 0.1) is 10.1 Å². The maximum atomic E-state index is 11.8. The Morgan fingerprint density at radius 1 is 0.966 bits per heavy atom. The van der Waals surface area contributed by atoms with Crippen molar-refractivity contribution in [3.05, 3.63) is 38.9 Å². The molecule has 0 spiro atoms. The van der Waals surface area contributed by atoms with E-state index in [9.17, 15) is 19.7 Å². The van der Waals surface area contributed by atoms with Gasteiger partial charge in [0.05, 0.1) is 17.1 Å². The maximum Gasteiger partial charge on any atom is 0.306 e. The first kappa shape index (κ1) is 24.9. The van der Waals surface area contributed by atoms with Crippen LogP contribution < -0.4 is 0 Å². The van der Waals surface area contributed by atoms with Gasteiger partial charge < -0.3 is 9.47 Å². The minimum Gasteiger partial charge on any atom is -0.466 e. The van der Waals surface area contributed by atoms with Crippen molar-refractivity contribution in [1.29, 1.82) is 0 Å². The van der Waals surface area contributed by atoms with Crippen LogP contribution in [0.2, 0.25) is 5.02 Å². The highest BCUT2D eigenvalue weighted by Crippen LogP contribution is 2.24. The van der Waals surface area contributed by atoms with Crippen LogP contribution in [0.25, 0.3) is 0 Å². The highest BCUT2D eigenvalue weighted by molar-refractivity contribution is 6.30. The van der Waals surface area contributed by atoms with Gasteiger partial charge in [0.25, 0.3) is 5.69 Å². The molecule has 1 rings (SSSR count). The van der Waals surface area contributed by atoms with Gasteiger partial charge in [0.1, 0.15) is 6.61 Å². The Balaban J connectivity index is 2.13. The molecule has 8 heteroatoms. The molecule has 0 amide bonds. The second-order valence-electron chi connectivity index (χ2n) is 6.89. The van der Waals surface area contributed by atoms with E-state index in [0.29, 0.717) is 13.0 Å². The van der Waals surface area contributed by atoms with E-state index < -0.39 is 10.9 Å². The lowest BCUT2D eigenvalue weighted by molar-refractivity contribution is -0.385. The van der Waals surface area contributed by atoms with Gasteiger partial charge in [-0.2, -0.15) is 0 Å². The van der Waals surface area contributed by atoms with Crippen LogP contribution in [0.4, 0.5) is 5.69 Å². The summed E-state index contributed by atoms with van der Waals surface area (Å²) in [7, 11) is 0. The molecule has 0 atom stereocenters. The van der Waals surface area contributed by atoms with Crippen molar-refractivity contribution in [2.45, 2.75) is 77.7 Å². The van der Waals surface area contributed by atoms with E-state index in [-0.39, 0.29) is 41.7 Å². The third-order valence-electron chi connectivity index (χ3n) is 4.41. The molecular weight excluding hydrogens is 398 g/mol. The van der Waals surface area contributed by atoms with Gasteiger partial charge in [-0.1, -0.05) is 57.0 Å². The number of hydrogen-bond acceptors (Lipinski definition) is 6. The standard InChI is InChI=1S/C21H30ClNO6/c1-2-3-4-5-6-7-8-14-28-20(24)10-9-11-21(25)29-16-17-12-13-18(22)15-19(17)23(26)27/h12-13,15H,2-11,14,16H2,1H3. The summed E-state index contributed by atoms with van der Waals surface area (Å²) in [6, 6.07) is 4.17. The second kappa shape index (κ2) is 14.8. The molecule has 162 valence electrons. The monoisotopic (exact) mass is 427 g/mol. The largest absolute Gasteiger partial charge is 0.466 e. The average molecular weight is 428 g/mol. The average Bonchev–Trinajstić information content (AvgIpc) is 2.69. The van der Waals surface area contributed by atoms with Crippen LogP contribution in [0.15, 0.2) is 18.2 Å². The molecule has 1 aromatic rings. The summed E-state index contributed by atoms with van der Waals surface area (Å²) in [6.45, 7) is 2.39. The molecular formula is C21H30ClNO6. The van der Waals surface area contributed by atoms with E-state index in [1.807, 2.05) is 0 Å². The first-order chi connectivity index (χ1) is 13.9. The number of halogens is 1. The van der Waals surface area contributed by atoms with Crippen molar-refractivity contribution >= 4 is 29.2 Å². The first-order valence-electron chi connectivity index (χ1n) is 10.2. The highest BCUT2D eigenvalue weighted by atomic mass is 35.5. The number of nitrogens with zero attached hydrogens (tertiary/aromatic N) is 1. The minimum atomic E-state index is -0.573. The zero-order valence-electron chi connectivity index (χ0n) is 17.0. The summed E-state index contributed by atoms with van der Waals surface area (Å²) in [5.41, 5.74) is 0.0705. The number of hydrogen-bond donors (Lipinski definition) is 0. The zero-order valence-corrected chi connectivity index (χ0v) is 17.7. The number of esters is 2. The summed E-state index contributed by atoms with van der Waals surface area (Å²) >= 11 is 5.75. The van der Waals surface area contributed by atoms with Gasteiger partial charge in [0.15, 0.2) is 0 Å². The van der Waals surface area contributed by atoms with E-state index in [1.165, 1.54) is 43.9 Å². The Bertz CT molecular complexity index is 665. The Kier molecular flexibility index (Phi) is 12.7. The number of benzene rings is 1. The van der Waals surface area contributed by atoms with Gasteiger partial charge in [0.2, 0.25) is 0 Å². The summed E-state index contributed by atoms with van der Waals surface area (Å²) < 4.78 is 10.2. The SMILES string of the molecule is CCCCCCCCCOC(=O)CCCC(=O)OCc1ccc(Cl)cc1[N+](=O)[O-]. The van der Waals surface area contributed by atoms with Crippen LogP contribution in [0.5, 0.6) is 0 Å². The molecule has 0 N–H and O–H groups in total. The fourth-order valence-electron chi connectivity index (χ4n) is 2.75. The van der Waals surface area contributed by atoms with Crippen LogP contribution in [-0.2, 0) is 25.7 Å². The fourth-order valence-corrected chi connectivity index (χ4v) is 2.92. The molecule has 0 bridgehead atoms. The molecule has 0 fully saturated rings. The smallest absolute Gasteiger partial charge is 0.306 e. The summed E-state index contributed by atoms with van der Waals surface area (Å²) in [6.07, 6.45) is 8.58. The summed E-state index contributed by atoms with van der Waals surface area (Å²) in [5.74, 6) is -0.841. The Morgan fingerprint density at radius 2 is 1.59 bits per heavy atom. The van der Waals surface area contributed by atoms with Crippen molar-refractivity contribution in [2.75, 3.05) is 6.61 Å². The van der Waals surface area contributed by atoms with Crippen LogP contribution in [0.1, 0.15) is 76.7 Å². The molecule has 0 saturated carbocycles. The lowest BCUT2D eigenvalue weighted by atomic mass is 10.1. The molecule has 0 heterocycles. The minimum absolute atomic E-state index is 0.0495. The van der Waals surface area contributed by atoms with Gasteiger partial charge in [-0.25, -0.2) is 0 Å². The summed E-state index contributed by atoms with van der Waals surface area (Å²) in [5, 5.41) is 11.2. The third kappa shape index (κ3) is 11.4. The molecule has 0 aromatic heterocycles. The number of unbranched alkanes of at least 4 members (excludes halogenated alkanes) is 6. The third-order valence-corrected chi connectivity index (χ3v) is 4.64. The number of rotatable bonds is 15. The van der Waals surface area contributed by atoms with Crippen molar-refractivity contribution in [2.24, 2.45) is 0 Å². The molecule has 0 unspecified atom stereocenters. The fraction of sp³-hybridized carbons (Fsp3) is 0.619. The van der Waals surface area contributed by atoms with Gasteiger partial charge in [-0.3, -0.25) is 19.7 Å². The highest BCUT2D eigenvalue weighted by Gasteiger charge is 2.16. The predicted octanol–water partition coefficient (Wildman–Crippen LogP) is 5.76. The van der Waals surface area contributed by atoms with Crippen molar-refractivity contribution in [1.82, 2.24) is 0 Å². The van der Waals surface area contributed by atoms with Crippen LogP contribution in [0.3, 0.4) is 0 Å². The summed E-state index contributed by atoms with van der Waals surface area (Å²) in [4.78, 5) is 33.9. The number of nitro groups is 1. The number of carbonyl (C=O) groups is 2. The maximum absolute atomic E-state index is 11.8. The normalized spacial score (nSPS) is 10.6. The van der Waals surface area contributed by atoms with Gasteiger partial charge in [0, 0.05) is 23.9 Å². The zero-order chi connectivity index (χ0) is 21.5. The Hall–Kier alpha value is -2.15. The molecule has 0 aliphatic carbocycles. The topological polar surface area (TPSA) is 95.7 Å². The number of ether oxygens (including phenoxy) is 2. The molecule has 0 saturated heterocycles. The van der Waals surface area contributed by atoms with Crippen LogP contribution in [-0.4, -0.2) is 23.5 Å². The van der Waals surface area contributed by atoms with Crippen molar-refractivity contribution in [3.8, 4) is 0 Å². The lowest BCUT2D eigenvalue weighted by Gasteiger charge is -2.07. The van der Waals surface area contributed by atoms with E-state index >= 15 is 0 Å². The molecule has 0 aliphatic rings. The van der Waals surface area contributed by atoms with Gasteiger partial charge in [-0.15, -0.1) is 0 Å². The van der Waals surface area contributed by atoms with Gasteiger partial charge in [-0.05, 0) is 25.0 Å². The Labute approximate surface area is 176 Å². The predicted molar refractivity (Wildman–Crippen MR) is 111 cm³/mol. The van der Waals surface area contributed by atoms with Crippen molar-refractivity contribution < 1.29 is 24.0 Å². The van der Waals surface area contributed by atoms with E-state index in [4.69, 9.17) is 21.1 Å². The molecule has 7 nitrogen and oxygen atoms in total. The number of carbonyl (C=O) groups excluding carboxylic acids is 2.